The molecule has 0 saturated carbocycles. The van der Waals surface area contributed by atoms with Crippen molar-refractivity contribution in [2.45, 2.75) is 32.7 Å². The summed E-state index contributed by atoms with van der Waals surface area (Å²) in [6, 6.07) is 6.84. The van der Waals surface area contributed by atoms with Crippen LogP contribution in [-0.4, -0.2) is 13.2 Å². The summed E-state index contributed by atoms with van der Waals surface area (Å²) in [5, 5.41) is 3.55. The summed E-state index contributed by atoms with van der Waals surface area (Å²) in [5.74, 6) is 0. The molecule has 0 radical (unpaired) electrons. The minimum Gasteiger partial charge on any atom is -0.501 e. The van der Waals surface area contributed by atoms with Gasteiger partial charge in [-0.05, 0) is 55.1 Å². The lowest BCUT2D eigenvalue weighted by Gasteiger charge is -2.25. The zero-order valence-corrected chi connectivity index (χ0v) is 12.6. The molecule has 0 aliphatic carbocycles. The van der Waals surface area contributed by atoms with E-state index in [0.717, 1.165) is 30.5 Å². The lowest BCUT2D eigenvalue weighted by Crippen LogP contribution is -2.24. The fourth-order valence-corrected chi connectivity index (χ4v) is 3.02. The molecule has 1 heterocycles. The fourth-order valence-electron chi connectivity index (χ4n) is 2.40. The van der Waals surface area contributed by atoms with Crippen molar-refractivity contribution in [2.24, 2.45) is 0 Å². The maximum Gasteiger partial charge on any atom is 0.0876 e. The van der Waals surface area contributed by atoms with Gasteiger partial charge in [-0.15, -0.1) is 0 Å². The monoisotopic (exact) mass is 309 g/mol. The Balaban J connectivity index is 2.31. The third kappa shape index (κ3) is 3.36. The van der Waals surface area contributed by atoms with E-state index in [-0.39, 0.29) is 6.04 Å². The van der Waals surface area contributed by atoms with Crippen LogP contribution in [0.3, 0.4) is 0 Å². The summed E-state index contributed by atoms with van der Waals surface area (Å²) in [5.41, 5.74) is 3.93. The SMILES string of the molecule is CCNC(C1=COCCC1)c1cc(C)cc(Br)c1. The third-order valence-electron chi connectivity index (χ3n) is 3.14. The van der Waals surface area contributed by atoms with Gasteiger partial charge in [0.25, 0.3) is 0 Å². The number of nitrogens with one attached hydrogen (secondary N) is 1. The summed E-state index contributed by atoms with van der Waals surface area (Å²) in [6.45, 7) is 6.07. The van der Waals surface area contributed by atoms with Crippen LogP contribution < -0.4 is 5.32 Å². The van der Waals surface area contributed by atoms with Gasteiger partial charge in [-0.1, -0.05) is 28.9 Å². The van der Waals surface area contributed by atoms with Crippen molar-refractivity contribution >= 4 is 15.9 Å². The van der Waals surface area contributed by atoms with Gasteiger partial charge in [-0.3, -0.25) is 0 Å². The summed E-state index contributed by atoms with van der Waals surface area (Å²) >= 11 is 3.58. The highest BCUT2D eigenvalue weighted by molar-refractivity contribution is 9.10. The molecular formula is C15H20BrNO. The first kappa shape index (κ1) is 13.6. The van der Waals surface area contributed by atoms with E-state index in [9.17, 15) is 0 Å². The Morgan fingerprint density at radius 1 is 1.39 bits per heavy atom. The second-order valence-corrected chi connectivity index (χ2v) is 5.64. The first-order valence-corrected chi connectivity index (χ1v) is 7.31. The quantitative estimate of drug-likeness (QED) is 0.904. The third-order valence-corrected chi connectivity index (χ3v) is 3.60. The van der Waals surface area contributed by atoms with Gasteiger partial charge in [-0.25, -0.2) is 0 Å². The van der Waals surface area contributed by atoms with Gasteiger partial charge in [0.15, 0.2) is 0 Å². The number of halogens is 1. The number of hydrogen-bond donors (Lipinski definition) is 1. The van der Waals surface area contributed by atoms with Crippen LogP contribution in [0.4, 0.5) is 0 Å². The van der Waals surface area contributed by atoms with Gasteiger partial charge < -0.3 is 10.1 Å². The van der Waals surface area contributed by atoms with Crippen LogP contribution in [0.25, 0.3) is 0 Å². The first-order valence-electron chi connectivity index (χ1n) is 6.51. The Morgan fingerprint density at radius 2 is 2.22 bits per heavy atom. The van der Waals surface area contributed by atoms with Crippen LogP contribution in [0.1, 0.15) is 36.9 Å². The zero-order chi connectivity index (χ0) is 13.0. The van der Waals surface area contributed by atoms with Crippen molar-refractivity contribution in [3.05, 3.63) is 45.6 Å². The van der Waals surface area contributed by atoms with E-state index in [4.69, 9.17) is 4.74 Å². The smallest absolute Gasteiger partial charge is 0.0876 e. The molecule has 1 unspecified atom stereocenters. The van der Waals surface area contributed by atoms with E-state index in [2.05, 4.69) is 53.3 Å². The summed E-state index contributed by atoms with van der Waals surface area (Å²) in [6.07, 6.45) is 4.16. The molecule has 0 amide bonds. The van der Waals surface area contributed by atoms with Crippen molar-refractivity contribution in [3.63, 3.8) is 0 Å². The Bertz CT molecular complexity index is 422. The molecule has 18 heavy (non-hydrogen) atoms. The van der Waals surface area contributed by atoms with E-state index < -0.39 is 0 Å². The molecule has 1 N–H and O–H groups in total. The Kier molecular flexibility index (Phi) is 4.84. The van der Waals surface area contributed by atoms with E-state index in [1.807, 2.05) is 6.26 Å². The molecule has 0 bridgehead atoms. The van der Waals surface area contributed by atoms with Crippen LogP contribution in [0.2, 0.25) is 0 Å². The molecule has 0 spiro atoms. The van der Waals surface area contributed by atoms with Crippen LogP contribution in [0, 0.1) is 6.92 Å². The van der Waals surface area contributed by atoms with E-state index in [1.165, 1.54) is 16.7 Å². The summed E-state index contributed by atoms with van der Waals surface area (Å²) < 4.78 is 6.61. The number of likely N-dealkylation sites (N-methyl/N-ethyl adjacent to an activating group) is 1. The molecule has 2 nitrogen and oxygen atoms in total. The molecule has 3 heteroatoms. The fraction of sp³-hybridized carbons (Fsp3) is 0.467. The number of hydrogen-bond acceptors (Lipinski definition) is 2. The first-order chi connectivity index (χ1) is 8.70. The minimum atomic E-state index is 0.270. The number of benzene rings is 1. The van der Waals surface area contributed by atoms with Crippen LogP contribution in [0.15, 0.2) is 34.5 Å². The van der Waals surface area contributed by atoms with E-state index in [1.54, 1.807) is 0 Å². The van der Waals surface area contributed by atoms with Gasteiger partial charge in [0.05, 0.1) is 18.9 Å². The molecule has 0 saturated heterocycles. The van der Waals surface area contributed by atoms with Crippen molar-refractivity contribution in [1.29, 1.82) is 0 Å². The maximum absolute atomic E-state index is 5.48. The van der Waals surface area contributed by atoms with Gasteiger partial charge >= 0.3 is 0 Å². The van der Waals surface area contributed by atoms with Gasteiger partial charge in [0.2, 0.25) is 0 Å². The number of rotatable bonds is 4. The summed E-state index contributed by atoms with van der Waals surface area (Å²) in [4.78, 5) is 0. The lowest BCUT2D eigenvalue weighted by molar-refractivity contribution is 0.219. The van der Waals surface area contributed by atoms with Crippen LogP contribution in [0.5, 0.6) is 0 Å². The van der Waals surface area contributed by atoms with Gasteiger partial charge in [0, 0.05) is 4.47 Å². The van der Waals surface area contributed by atoms with Crippen LogP contribution >= 0.6 is 15.9 Å². The highest BCUT2D eigenvalue weighted by atomic mass is 79.9. The molecule has 1 aliphatic rings. The van der Waals surface area contributed by atoms with Gasteiger partial charge in [-0.2, -0.15) is 0 Å². The summed E-state index contributed by atoms with van der Waals surface area (Å²) in [7, 11) is 0. The Morgan fingerprint density at radius 3 is 2.83 bits per heavy atom. The Labute approximate surface area is 118 Å². The lowest BCUT2D eigenvalue weighted by atomic mass is 9.94. The second-order valence-electron chi connectivity index (χ2n) is 4.72. The van der Waals surface area contributed by atoms with E-state index >= 15 is 0 Å². The number of ether oxygens (including phenoxy) is 1. The number of aryl methyl sites for hydroxylation is 1. The molecule has 1 aromatic rings. The highest BCUT2D eigenvalue weighted by Gasteiger charge is 2.18. The Hall–Kier alpha value is -0.800. The molecule has 1 atom stereocenters. The molecule has 1 aromatic carbocycles. The zero-order valence-electron chi connectivity index (χ0n) is 11.0. The molecule has 2 rings (SSSR count). The van der Waals surface area contributed by atoms with E-state index in [0.29, 0.717) is 0 Å². The average molecular weight is 310 g/mol. The average Bonchev–Trinajstić information content (AvgIpc) is 2.36. The van der Waals surface area contributed by atoms with Crippen molar-refractivity contribution in [3.8, 4) is 0 Å². The maximum atomic E-state index is 5.48. The van der Waals surface area contributed by atoms with Gasteiger partial charge in [0.1, 0.15) is 0 Å². The van der Waals surface area contributed by atoms with Crippen molar-refractivity contribution < 1.29 is 4.74 Å². The largest absolute Gasteiger partial charge is 0.501 e. The van der Waals surface area contributed by atoms with Crippen LogP contribution in [-0.2, 0) is 4.74 Å². The normalized spacial score (nSPS) is 16.9. The van der Waals surface area contributed by atoms with Crippen molar-refractivity contribution in [1.82, 2.24) is 5.32 Å². The predicted octanol–water partition coefficient (Wildman–Crippen LogP) is 4.10. The highest BCUT2D eigenvalue weighted by Crippen LogP contribution is 2.30. The molecule has 98 valence electrons. The molecular weight excluding hydrogens is 290 g/mol. The molecule has 0 aromatic heterocycles. The molecule has 1 aliphatic heterocycles. The second kappa shape index (κ2) is 6.39. The standard InChI is InChI=1S/C15H20BrNO/c1-3-17-15(12-5-4-6-18-10-12)13-7-11(2)8-14(16)9-13/h7-10,15,17H,3-6H2,1-2H3. The minimum absolute atomic E-state index is 0.270. The van der Waals surface area contributed by atoms with Crippen molar-refractivity contribution in [2.75, 3.05) is 13.2 Å². The predicted molar refractivity (Wildman–Crippen MR) is 78.6 cm³/mol. The topological polar surface area (TPSA) is 21.3 Å². The molecule has 0 fully saturated rings.